The van der Waals surface area contributed by atoms with Gasteiger partial charge >= 0.3 is 0 Å². The van der Waals surface area contributed by atoms with Crippen molar-refractivity contribution >= 4 is 35.1 Å². The summed E-state index contributed by atoms with van der Waals surface area (Å²) in [5, 5.41) is 29.0. The molecule has 0 aliphatic carbocycles. The molecule has 0 bridgehead atoms. The summed E-state index contributed by atoms with van der Waals surface area (Å²) in [5.41, 5.74) is 1.76. The van der Waals surface area contributed by atoms with Gasteiger partial charge in [0.2, 0.25) is 0 Å². The normalized spacial score (nSPS) is 17.3. The molecule has 15 nitrogen and oxygen atoms in total. The molecule has 0 unspecified atom stereocenters. The third-order valence-electron chi connectivity index (χ3n) is 6.51. The van der Waals surface area contributed by atoms with Crippen LogP contribution < -0.4 is 0 Å². The Morgan fingerprint density at radius 2 is 1.15 bits per heavy atom. The minimum Gasteiger partial charge on any atom is -0.381 e. The van der Waals surface area contributed by atoms with E-state index in [0.29, 0.717) is 101 Å². The Labute approximate surface area is 246 Å². The molecule has 0 saturated carbocycles. The first kappa shape index (κ1) is 30.1. The van der Waals surface area contributed by atoms with Crippen molar-refractivity contribution in [2.24, 2.45) is 10.2 Å². The van der Waals surface area contributed by atoms with Crippen LogP contribution in [0, 0.1) is 20.2 Å². The summed E-state index contributed by atoms with van der Waals surface area (Å²) in [6.45, 7) is 5.37. The molecule has 2 aliphatic heterocycles. The van der Waals surface area contributed by atoms with E-state index in [4.69, 9.17) is 27.9 Å². The largest absolute Gasteiger partial charge is 0.381 e. The van der Waals surface area contributed by atoms with E-state index in [9.17, 15) is 20.2 Å². The van der Waals surface area contributed by atoms with Crippen LogP contribution in [0.1, 0.15) is 24.0 Å². The van der Waals surface area contributed by atoms with Gasteiger partial charge in [-0.25, -0.2) is 30.2 Å². The molecule has 4 rings (SSSR count). The van der Waals surface area contributed by atoms with Crippen LogP contribution in [-0.2, 0) is 17.8 Å². The molecule has 0 spiro atoms. The molecule has 0 amide bonds. The predicted octanol–water partition coefficient (Wildman–Crippen LogP) is 2.61. The van der Waals surface area contributed by atoms with E-state index in [1.165, 1.54) is 0 Å². The number of hydrazone groups is 2. The van der Waals surface area contributed by atoms with E-state index in [-0.39, 0.29) is 0 Å². The Morgan fingerprint density at radius 3 is 1.51 bits per heavy atom. The minimum absolute atomic E-state index is 0.315. The Balaban J connectivity index is 1.18. The molecule has 2 saturated heterocycles. The highest BCUT2D eigenvalue weighted by Gasteiger charge is 2.30. The second kappa shape index (κ2) is 14.7. The van der Waals surface area contributed by atoms with Gasteiger partial charge in [-0.1, -0.05) is 35.3 Å². The lowest BCUT2D eigenvalue weighted by Crippen LogP contribution is -2.35. The van der Waals surface area contributed by atoms with Crippen molar-refractivity contribution in [3.05, 3.63) is 78.3 Å². The molecule has 2 fully saturated rings. The summed E-state index contributed by atoms with van der Waals surface area (Å²) in [4.78, 5) is 37.9. The lowest BCUT2D eigenvalue weighted by atomic mass is 10.3. The summed E-state index contributed by atoms with van der Waals surface area (Å²) < 4.78 is 5.78. The molecule has 4 heterocycles. The van der Waals surface area contributed by atoms with Crippen LogP contribution in [0.15, 0.2) is 46.9 Å². The van der Waals surface area contributed by atoms with Crippen LogP contribution in [0.5, 0.6) is 0 Å². The van der Waals surface area contributed by atoms with Gasteiger partial charge < -0.3 is 24.3 Å². The first-order valence-corrected chi connectivity index (χ1v) is 13.8. The minimum atomic E-state index is -0.681. The second-order valence-corrected chi connectivity index (χ2v) is 10.2. The summed E-state index contributed by atoms with van der Waals surface area (Å²) in [7, 11) is 0. The number of pyridine rings is 2. The molecule has 2 aromatic heterocycles. The molecule has 17 heteroatoms. The van der Waals surface area contributed by atoms with Gasteiger partial charge in [-0.15, -0.1) is 0 Å². The number of rotatable bonds is 14. The smallest absolute Gasteiger partial charge is 0.274 e. The lowest BCUT2D eigenvalue weighted by molar-refractivity contribution is -0.486. The van der Waals surface area contributed by atoms with E-state index in [1.54, 1.807) is 24.5 Å². The number of halogens is 2. The number of hydrogen-bond acceptors (Lipinski definition) is 7. The summed E-state index contributed by atoms with van der Waals surface area (Å²) in [6.07, 6.45) is 4.61. The molecule has 2 aromatic rings. The third kappa shape index (κ3) is 9.09. The van der Waals surface area contributed by atoms with Crippen LogP contribution in [0.3, 0.4) is 0 Å². The molecule has 41 heavy (non-hydrogen) atoms. The first-order chi connectivity index (χ1) is 19.8. The van der Waals surface area contributed by atoms with Crippen molar-refractivity contribution in [1.82, 2.24) is 29.6 Å². The Morgan fingerprint density at radius 1 is 0.732 bits per heavy atom. The molecule has 0 aromatic carbocycles. The number of aromatic nitrogens is 2. The zero-order valence-electron chi connectivity index (χ0n) is 22.2. The van der Waals surface area contributed by atoms with Crippen molar-refractivity contribution < 1.29 is 14.8 Å². The van der Waals surface area contributed by atoms with E-state index in [1.807, 2.05) is 31.7 Å². The average molecular weight is 609 g/mol. The van der Waals surface area contributed by atoms with Gasteiger partial charge in [0.1, 0.15) is 20.5 Å². The fourth-order valence-corrected chi connectivity index (χ4v) is 4.89. The predicted molar refractivity (Wildman–Crippen MR) is 151 cm³/mol. The van der Waals surface area contributed by atoms with E-state index >= 15 is 0 Å². The molecule has 0 radical (unpaired) electrons. The van der Waals surface area contributed by atoms with E-state index < -0.39 is 10.1 Å². The molecule has 0 N–H and O–H groups in total. The summed E-state index contributed by atoms with van der Waals surface area (Å²) >= 11 is 11.7. The van der Waals surface area contributed by atoms with Crippen LogP contribution in [-0.4, -0.2) is 104 Å². The molecular weight excluding hydrogens is 579 g/mol. The van der Waals surface area contributed by atoms with Crippen molar-refractivity contribution in [2.75, 3.05) is 52.5 Å². The number of nitro groups is 2. The first-order valence-electron chi connectivity index (χ1n) is 13.0. The zero-order chi connectivity index (χ0) is 29.2. The van der Waals surface area contributed by atoms with Crippen LogP contribution in [0.2, 0.25) is 10.3 Å². The van der Waals surface area contributed by atoms with Gasteiger partial charge in [-0.2, -0.15) is 0 Å². The molecule has 0 atom stereocenters. The van der Waals surface area contributed by atoms with Gasteiger partial charge in [0.25, 0.3) is 11.9 Å². The number of guanidine groups is 2. The highest BCUT2D eigenvalue weighted by molar-refractivity contribution is 6.29. The van der Waals surface area contributed by atoms with Gasteiger partial charge in [0.05, 0.1) is 0 Å². The standard InChI is InChI=1S/C24H30Cl2N10O5/c25-21-5-3-19(15-27-21)17-33-11-9-31(23(33)29-35(37)38)7-1-13-41-14-2-8-32-10-12-34(24(32)30-36(39)40)18-20-4-6-22(26)28-16-20/h3-6,15-16H,1-2,7-14,17-18H2/b29-23-,30-24+. The highest BCUT2D eigenvalue weighted by atomic mass is 35.5. The maximum absolute atomic E-state index is 11.2. The second-order valence-electron chi connectivity index (χ2n) is 9.39. The summed E-state index contributed by atoms with van der Waals surface area (Å²) in [5.74, 6) is 0.631. The van der Waals surface area contributed by atoms with Crippen LogP contribution in [0.25, 0.3) is 0 Å². The number of ether oxygens (including phenoxy) is 1. The van der Waals surface area contributed by atoms with Crippen LogP contribution in [0.4, 0.5) is 0 Å². The lowest BCUT2D eigenvalue weighted by Gasteiger charge is -2.21. The van der Waals surface area contributed by atoms with E-state index in [0.717, 1.165) is 11.1 Å². The highest BCUT2D eigenvalue weighted by Crippen LogP contribution is 2.17. The molecular formula is C24H30Cl2N10O5. The van der Waals surface area contributed by atoms with Gasteiger partial charge in [-0.3, -0.25) is 0 Å². The fourth-order valence-electron chi connectivity index (χ4n) is 4.66. The molecule has 2 aliphatic rings. The SMILES string of the molecule is O=[N+]([O-])/N=C1/N(CCCOCCCN2CCN(Cc3ccc(Cl)nc3)/C2=N/[N+](=O)[O-])CCN1Cc1ccc(Cl)nc1. The summed E-state index contributed by atoms with van der Waals surface area (Å²) in [6, 6.07) is 7.03. The zero-order valence-corrected chi connectivity index (χ0v) is 23.7. The van der Waals surface area contributed by atoms with Crippen molar-refractivity contribution in [3.63, 3.8) is 0 Å². The molecule has 220 valence electrons. The topological polar surface area (TPSA) is 159 Å². The van der Waals surface area contributed by atoms with Gasteiger partial charge in [0, 0.05) is 78.0 Å². The number of nitrogens with zero attached hydrogens (tertiary/aromatic N) is 10. The van der Waals surface area contributed by atoms with Crippen molar-refractivity contribution in [2.45, 2.75) is 25.9 Å². The fraction of sp³-hybridized carbons (Fsp3) is 0.500. The third-order valence-corrected chi connectivity index (χ3v) is 6.96. The maximum atomic E-state index is 11.2. The van der Waals surface area contributed by atoms with Crippen molar-refractivity contribution in [1.29, 1.82) is 0 Å². The number of hydrogen-bond donors (Lipinski definition) is 0. The monoisotopic (exact) mass is 608 g/mol. The van der Waals surface area contributed by atoms with Gasteiger partial charge in [-0.05, 0) is 36.1 Å². The van der Waals surface area contributed by atoms with Crippen LogP contribution >= 0.6 is 23.2 Å². The maximum Gasteiger partial charge on any atom is 0.274 e. The Bertz CT molecular complexity index is 1150. The quantitative estimate of drug-likeness (QED) is 0.134. The van der Waals surface area contributed by atoms with Gasteiger partial charge in [0.15, 0.2) is 10.1 Å². The Kier molecular flexibility index (Phi) is 10.8. The van der Waals surface area contributed by atoms with E-state index in [2.05, 4.69) is 20.2 Å². The van der Waals surface area contributed by atoms with Crippen molar-refractivity contribution in [3.8, 4) is 0 Å². The Hall–Kier alpha value is -3.82. The average Bonchev–Trinajstić information content (AvgIpc) is 3.48.